The summed E-state index contributed by atoms with van der Waals surface area (Å²) in [5.74, 6) is 0.654. The normalized spacial score (nSPS) is 17.4. The molecule has 0 atom stereocenters. The van der Waals surface area contributed by atoms with Crippen LogP contribution < -0.4 is 9.64 Å². The van der Waals surface area contributed by atoms with Crippen LogP contribution in [0.4, 0.5) is 10.6 Å². The molecular formula is C27H34N4O5. The van der Waals surface area contributed by atoms with Gasteiger partial charge >= 0.3 is 12.0 Å². The summed E-state index contributed by atoms with van der Waals surface area (Å²) < 4.78 is 5.24. The van der Waals surface area contributed by atoms with Crippen molar-refractivity contribution in [2.75, 3.05) is 38.2 Å². The minimum atomic E-state index is -0.891. The second-order valence-corrected chi connectivity index (χ2v) is 9.95. The van der Waals surface area contributed by atoms with E-state index in [9.17, 15) is 14.4 Å². The van der Waals surface area contributed by atoms with E-state index >= 15 is 0 Å². The Morgan fingerprint density at radius 1 is 1.11 bits per heavy atom. The van der Waals surface area contributed by atoms with Gasteiger partial charge in [-0.3, -0.25) is 14.5 Å². The van der Waals surface area contributed by atoms with Gasteiger partial charge in [-0.25, -0.2) is 9.78 Å². The Morgan fingerprint density at radius 2 is 1.81 bits per heavy atom. The zero-order valence-electron chi connectivity index (χ0n) is 21.1. The van der Waals surface area contributed by atoms with E-state index in [-0.39, 0.29) is 24.3 Å². The van der Waals surface area contributed by atoms with Crippen molar-refractivity contribution in [1.82, 2.24) is 14.8 Å². The van der Waals surface area contributed by atoms with E-state index in [0.29, 0.717) is 56.8 Å². The second-order valence-electron chi connectivity index (χ2n) is 9.95. The fourth-order valence-electron chi connectivity index (χ4n) is 5.16. The van der Waals surface area contributed by atoms with E-state index in [1.165, 1.54) is 4.90 Å². The van der Waals surface area contributed by atoms with Crippen molar-refractivity contribution in [3.8, 4) is 5.75 Å². The molecule has 1 spiro atoms. The molecule has 2 fully saturated rings. The number of carboxylic acids is 1. The van der Waals surface area contributed by atoms with Crippen LogP contribution >= 0.6 is 0 Å². The Kier molecular flexibility index (Phi) is 7.47. The first kappa shape index (κ1) is 25.5. The van der Waals surface area contributed by atoms with Gasteiger partial charge in [-0.2, -0.15) is 0 Å². The summed E-state index contributed by atoms with van der Waals surface area (Å²) in [5.41, 5.74) is 0.891. The average molecular weight is 495 g/mol. The predicted molar refractivity (Wildman–Crippen MR) is 135 cm³/mol. The van der Waals surface area contributed by atoms with Crippen molar-refractivity contribution in [2.45, 2.75) is 45.1 Å². The third kappa shape index (κ3) is 5.15. The van der Waals surface area contributed by atoms with Crippen LogP contribution in [0.5, 0.6) is 5.75 Å². The zero-order valence-corrected chi connectivity index (χ0v) is 21.1. The van der Waals surface area contributed by atoms with Gasteiger partial charge in [0, 0.05) is 32.4 Å². The topological polar surface area (TPSA) is 103 Å². The number of aliphatic carboxylic acids is 1. The quantitative estimate of drug-likeness (QED) is 0.534. The molecule has 0 aliphatic carbocycles. The number of rotatable bonds is 9. The van der Waals surface area contributed by atoms with Crippen LogP contribution in [0.1, 0.15) is 37.8 Å². The largest absolute Gasteiger partial charge is 0.497 e. The predicted octanol–water partition coefficient (Wildman–Crippen LogP) is 3.22. The van der Waals surface area contributed by atoms with Crippen molar-refractivity contribution in [3.63, 3.8) is 0 Å². The summed E-state index contributed by atoms with van der Waals surface area (Å²) in [7, 11) is 1.63. The van der Waals surface area contributed by atoms with Crippen molar-refractivity contribution in [3.05, 3.63) is 53.7 Å². The number of urea groups is 1. The molecule has 2 saturated heterocycles. The number of aromatic nitrogens is 1. The Bertz CT molecular complexity index is 1110. The summed E-state index contributed by atoms with van der Waals surface area (Å²) in [4.78, 5) is 48.0. The van der Waals surface area contributed by atoms with Crippen LogP contribution in [-0.4, -0.2) is 76.6 Å². The van der Waals surface area contributed by atoms with Crippen molar-refractivity contribution in [1.29, 1.82) is 0 Å². The van der Waals surface area contributed by atoms with Crippen LogP contribution in [-0.2, 0) is 22.4 Å². The second kappa shape index (κ2) is 10.6. The SMILES string of the molecule is COc1ccc(CCN2C(=O)N(CC(C)C)C(=O)C23CCN(c2cc(CC(=O)O)ccn2)CC3)cc1. The van der Waals surface area contributed by atoms with Gasteiger partial charge in [0.15, 0.2) is 0 Å². The maximum absolute atomic E-state index is 13.7. The standard InChI is InChI=1S/C27H34N4O5/c1-19(2)18-30-25(34)27(31(26(30)35)13-9-20-4-6-22(36-3)7-5-20)10-14-29(15-11-27)23-16-21(8-12-28-23)17-24(32)33/h4-8,12,16,19H,9-11,13-15,17-18H2,1-3H3,(H,32,33). The third-order valence-electron chi connectivity index (χ3n) is 7.03. The molecule has 3 amide bonds. The molecule has 1 aromatic heterocycles. The number of piperidine rings is 1. The minimum Gasteiger partial charge on any atom is -0.497 e. The lowest BCUT2D eigenvalue weighted by Crippen LogP contribution is -2.57. The fraction of sp³-hybridized carbons (Fsp3) is 0.481. The number of carbonyl (C=O) groups excluding carboxylic acids is 2. The van der Waals surface area contributed by atoms with E-state index in [0.717, 1.165) is 11.3 Å². The highest BCUT2D eigenvalue weighted by Gasteiger charge is 2.57. The van der Waals surface area contributed by atoms with Gasteiger partial charge in [0.25, 0.3) is 5.91 Å². The highest BCUT2D eigenvalue weighted by Crippen LogP contribution is 2.38. The summed E-state index contributed by atoms with van der Waals surface area (Å²) in [6.07, 6.45) is 3.19. The van der Waals surface area contributed by atoms with Crippen LogP contribution in [0.2, 0.25) is 0 Å². The molecule has 1 N–H and O–H groups in total. The highest BCUT2D eigenvalue weighted by molar-refractivity contribution is 6.07. The van der Waals surface area contributed by atoms with Crippen LogP contribution in [0.3, 0.4) is 0 Å². The van der Waals surface area contributed by atoms with Crippen molar-refractivity contribution >= 4 is 23.7 Å². The number of imide groups is 1. The molecule has 2 aliphatic heterocycles. The first-order valence-corrected chi connectivity index (χ1v) is 12.4. The molecular weight excluding hydrogens is 460 g/mol. The smallest absolute Gasteiger partial charge is 0.327 e. The van der Waals surface area contributed by atoms with Crippen LogP contribution in [0, 0.1) is 5.92 Å². The molecule has 0 saturated carbocycles. The van der Waals surface area contributed by atoms with E-state index in [1.807, 2.05) is 38.1 Å². The molecule has 3 heterocycles. The first-order chi connectivity index (χ1) is 17.2. The van der Waals surface area contributed by atoms with E-state index in [4.69, 9.17) is 9.84 Å². The Balaban J connectivity index is 1.53. The summed E-state index contributed by atoms with van der Waals surface area (Å²) in [6.45, 7) is 5.98. The lowest BCUT2D eigenvalue weighted by Gasteiger charge is -2.42. The number of anilines is 1. The summed E-state index contributed by atoms with van der Waals surface area (Å²) in [5, 5.41) is 9.12. The minimum absolute atomic E-state index is 0.0659. The maximum Gasteiger partial charge on any atom is 0.327 e. The first-order valence-electron chi connectivity index (χ1n) is 12.4. The number of hydrogen-bond donors (Lipinski definition) is 1. The Labute approximate surface area is 211 Å². The molecule has 0 bridgehead atoms. The van der Waals surface area contributed by atoms with Gasteiger partial charge in [0.05, 0.1) is 13.5 Å². The molecule has 9 heteroatoms. The number of carboxylic acid groups (broad SMARTS) is 1. The lowest BCUT2D eigenvalue weighted by molar-refractivity contribution is -0.136. The molecule has 9 nitrogen and oxygen atoms in total. The fourth-order valence-corrected chi connectivity index (χ4v) is 5.16. The van der Waals surface area contributed by atoms with Crippen LogP contribution in [0.15, 0.2) is 42.6 Å². The molecule has 2 aliphatic rings. The number of amides is 3. The molecule has 1 aromatic carbocycles. The van der Waals surface area contributed by atoms with E-state index in [1.54, 1.807) is 30.3 Å². The molecule has 2 aromatic rings. The number of hydrogen-bond acceptors (Lipinski definition) is 6. The Morgan fingerprint density at radius 3 is 2.42 bits per heavy atom. The van der Waals surface area contributed by atoms with Gasteiger partial charge < -0.3 is 19.6 Å². The number of pyridine rings is 1. The van der Waals surface area contributed by atoms with Gasteiger partial charge in [0.1, 0.15) is 17.1 Å². The monoisotopic (exact) mass is 494 g/mol. The average Bonchev–Trinajstić information content (AvgIpc) is 3.04. The van der Waals surface area contributed by atoms with Gasteiger partial charge in [-0.05, 0) is 60.6 Å². The number of methoxy groups -OCH3 is 1. The van der Waals surface area contributed by atoms with Gasteiger partial charge in [-0.15, -0.1) is 0 Å². The lowest BCUT2D eigenvalue weighted by atomic mass is 9.85. The summed E-state index contributed by atoms with van der Waals surface area (Å²) in [6, 6.07) is 11.1. The molecule has 0 unspecified atom stereocenters. The van der Waals surface area contributed by atoms with E-state index < -0.39 is 11.5 Å². The number of benzene rings is 1. The third-order valence-corrected chi connectivity index (χ3v) is 7.03. The van der Waals surface area contributed by atoms with E-state index in [2.05, 4.69) is 9.88 Å². The zero-order chi connectivity index (χ0) is 25.9. The Hall–Kier alpha value is -3.62. The van der Waals surface area contributed by atoms with Crippen molar-refractivity contribution < 1.29 is 24.2 Å². The number of nitrogens with zero attached hydrogens (tertiary/aromatic N) is 4. The number of carbonyl (C=O) groups is 3. The highest BCUT2D eigenvalue weighted by atomic mass is 16.5. The summed E-state index contributed by atoms with van der Waals surface area (Å²) >= 11 is 0. The molecule has 36 heavy (non-hydrogen) atoms. The van der Waals surface area contributed by atoms with Gasteiger partial charge in [0.2, 0.25) is 0 Å². The van der Waals surface area contributed by atoms with Gasteiger partial charge in [-0.1, -0.05) is 26.0 Å². The molecule has 0 radical (unpaired) electrons. The van der Waals surface area contributed by atoms with Crippen LogP contribution in [0.25, 0.3) is 0 Å². The van der Waals surface area contributed by atoms with Crippen molar-refractivity contribution in [2.24, 2.45) is 5.92 Å². The maximum atomic E-state index is 13.7. The number of ether oxygens (including phenoxy) is 1. The molecule has 192 valence electrons. The molecule has 4 rings (SSSR count).